The van der Waals surface area contributed by atoms with Crippen LogP contribution in [0.25, 0.3) is 0 Å². The van der Waals surface area contributed by atoms with Crippen molar-refractivity contribution in [1.29, 1.82) is 0 Å². The molecule has 2 aliphatic rings. The summed E-state index contributed by atoms with van der Waals surface area (Å²) in [5.41, 5.74) is -3.80. The monoisotopic (exact) mass is 354 g/mol. The molecule has 0 atom stereocenters. The van der Waals surface area contributed by atoms with E-state index in [2.05, 4.69) is 5.32 Å². The first-order chi connectivity index (χ1) is 9.57. The van der Waals surface area contributed by atoms with E-state index in [-0.39, 0.29) is 19.0 Å². The van der Waals surface area contributed by atoms with E-state index in [1.807, 2.05) is 0 Å². The quantitative estimate of drug-likeness (QED) is 0.787. The van der Waals surface area contributed by atoms with Crippen LogP contribution in [0.1, 0.15) is 19.3 Å². The SMILES string of the molecule is Cl.O=C(CNCC1CC1)N1CCC(C(F)(F)F)(C(F)(F)F)C1. The maximum absolute atomic E-state index is 12.8. The fourth-order valence-electron chi connectivity index (χ4n) is 2.46. The zero-order chi connectivity index (χ0) is 15.9. The smallest absolute Gasteiger partial charge is 0.340 e. The maximum atomic E-state index is 12.8. The van der Waals surface area contributed by atoms with E-state index in [1.54, 1.807) is 0 Å². The molecule has 0 aromatic carbocycles. The molecule has 1 aliphatic heterocycles. The predicted octanol–water partition coefficient (Wildman–Crippen LogP) is 2.75. The molecule has 2 fully saturated rings. The van der Waals surface area contributed by atoms with Gasteiger partial charge in [-0.1, -0.05) is 0 Å². The Bertz CT molecular complexity index is 393. The van der Waals surface area contributed by atoms with E-state index in [1.165, 1.54) is 0 Å². The molecule has 0 bridgehead atoms. The molecule has 0 aromatic heterocycles. The standard InChI is InChI=1S/C12H16F6N2O.ClH/c13-11(14,15)10(12(16,17)18)3-4-20(7-10)9(21)6-19-5-8-1-2-8;/h8,19H,1-7H2;1H. The number of amides is 1. The van der Waals surface area contributed by atoms with Crippen molar-refractivity contribution in [3.8, 4) is 0 Å². The van der Waals surface area contributed by atoms with Crippen molar-refractivity contribution in [3.63, 3.8) is 0 Å². The van der Waals surface area contributed by atoms with Gasteiger partial charge in [0.25, 0.3) is 0 Å². The first kappa shape index (κ1) is 19.3. The van der Waals surface area contributed by atoms with Gasteiger partial charge in [-0.3, -0.25) is 4.79 Å². The van der Waals surface area contributed by atoms with Gasteiger partial charge in [-0.2, -0.15) is 26.3 Å². The third kappa shape index (κ3) is 3.79. The molecule has 1 N–H and O–H groups in total. The van der Waals surface area contributed by atoms with Gasteiger partial charge in [-0.15, -0.1) is 12.4 Å². The highest BCUT2D eigenvalue weighted by atomic mass is 35.5. The fraction of sp³-hybridized carbons (Fsp3) is 0.917. The lowest BCUT2D eigenvalue weighted by atomic mass is 9.85. The Morgan fingerprint density at radius 1 is 1.14 bits per heavy atom. The Morgan fingerprint density at radius 3 is 2.09 bits per heavy atom. The molecule has 1 amide bonds. The first-order valence-electron chi connectivity index (χ1n) is 6.69. The normalized spacial score (nSPS) is 21.6. The molecule has 22 heavy (non-hydrogen) atoms. The lowest BCUT2D eigenvalue weighted by Crippen LogP contribution is -2.52. The number of carbonyl (C=O) groups is 1. The minimum Gasteiger partial charge on any atom is -0.340 e. The topological polar surface area (TPSA) is 32.3 Å². The van der Waals surface area contributed by atoms with Crippen molar-refractivity contribution in [1.82, 2.24) is 10.2 Å². The molecule has 1 heterocycles. The summed E-state index contributed by atoms with van der Waals surface area (Å²) in [4.78, 5) is 12.4. The minimum atomic E-state index is -5.41. The van der Waals surface area contributed by atoms with Crippen LogP contribution in [0, 0.1) is 11.3 Å². The van der Waals surface area contributed by atoms with Gasteiger partial charge in [-0.25, -0.2) is 0 Å². The third-order valence-electron chi connectivity index (χ3n) is 4.11. The average molecular weight is 355 g/mol. The van der Waals surface area contributed by atoms with Crippen molar-refractivity contribution in [3.05, 3.63) is 0 Å². The van der Waals surface area contributed by atoms with Crippen LogP contribution in [-0.4, -0.2) is 49.3 Å². The Labute approximate surface area is 129 Å². The average Bonchev–Trinajstić information content (AvgIpc) is 3.01. The number of alkyl halides is 6. The van der Waals surface area contributed by atoms with Gasteiger partial charge >= 0.3 is 12.4 Å². The maximum Gasteiger partial charge on any atom is 0.404 e. The second kappa shape index (κ2) is 6.43. The molecule has 3 nitrogen and oxygen atoms in total. The van der Waals surface area contributed by atoms with Crippen LogP contribution in [0.2, 0.25) is 0 Å². The van der Waals surface area contributed by atoms with Gasteiger partial charge in [0, 0.05) is 13.1 Å². The highest BCUT2D eigenvalue weighted by Gasteiger charge is 2.72. The highest BCUT2D eigenvalue weighted by molar-refractivity contribution is 5.85. The van der Waals surface area contributed by atoms with E-state index in [0.717, 1.165) is 12.8 Å². The van der Waals surface area contributed by atoms with Gasteiger partial charge in [0.1, 0.15) is 0 Å². The number of carbonyl (C=O) groups excluding carboxylic acids is 1. The number of likely N-dealkylation sites (tertiary alicyclic amines) is 1. The second-order valence-corrected chi connectivity index (χ2v) is 5.72. The largest absolute Gasteiger partial charge is 0.404 e. The Hall–Kier alpha value is -0.700. The van der Waals surface area contributed by atoms with Crippen LogP contribution in [-0.2, 0) is 4.79 Å². The molecule has 2 rings (SSSR count). The van der Waals surface area contributed by atoms with Gasteiger partial charge in [0.15, 0.2) is 5.41 Å². The molecule has 0 spiro atoms. The van der Waals surface area contributed by atoms with Crippen molar-refractivity contribution in [2.24, 2.45) is 11.3 Å². The summed E-state index contributed by atoms with van der Waals surface area (Å²) in [5.74, 6) is -0.244. The van der Waals surface area contributed by atoms with Crippen molar-refractivity contribution < 1.29 is 31.1 Å². The van der Waals surface area contributed by atoms with E-state index in [9.17, 15) is 31.1 Å². The van der Waals surface area contributed by atoms with Crippen molar-refractivity contribution in [2.45, 2.75) is 31.6 Å². The first-order valence-corrected chi connectivity index (χ1v) is 6.69. The van der Waals surface area contributed by atoms with Crippen LogP contribution >= 0.6 is 12.4 Å². The fourth-order valence-corrected chi connectivity index (χ4v) is 2.46. The molecule has 1 saturated carbocycles. The summed E-state index contributed by atoms with van der Waals surface area (Å²) in [6.07, 6.45) is -9.88. The van der Waals surface area contributed by atoms with E-state index < -0.39 is 43.2 Å². The number of rotatable bonds is 4. The molecule has 1 aliphatic carbocycles. The Kier molecular flexibility index (Phi) is 5.65. The van der Waals surface area contributed by atoms with E-state index in [0.29, 0.717) is 17.4 Å². The van der Waals surface area contributed by atoms with Gasteiger partial charge in [0.05, 0.1) is 6.54 Å². The number of halogens is 7. The van der Waals surface area contributed by atoms with E-state index >= 15 is 0 Å². The summed E-state index contributed by atoms with van der Waals surface area (Å²) in [6, 6.07) is 0. The molecular formula is C12H17ClF6N2O. The van der Waals surface area contributed by atoms with Crippen LogP contribution in [0.15, 0.2) is 0 Å². The van der Waals surface area contributed by atoms with Gasteiger partial charge in [0.2, 0.25) is 5.91 Å². The number of nitrogens with one attached hydrogen (secondary N) is 1. The Morgan fingerprint density at radius 2 is 1.68 bits per heavy atom. The summed E-state index contributed by atoms with van der Waals surface area (Å²) >= 11 is 0. The van der Waals surface area contributed by atoms with Crippen molar-refractivity contribution >= 4 is 18.3 Å². The molecule has 0 aromatic rings. The molecule has 0 unspecified atom stereocenters. The minimum absolute atomic E-state index is 0. The number of hydrogen-bond acceptors (Lipinski definition) is 2. The van der Waals surface area contributed by atoms with Gasteiger partial charge in [-0.05, 0) is 31.7 Å². The van der Waals surface area contributed by atoms with Crippen LogP contribution < -0.4 is 5.32 Å². The van der Waals surface area contributed by atoms with Crippen LogP contribution in [0.4, 0.5) is 26.3 Å². The zero-order valence-corrected chi connectivity index (χ0v) is 12.4. The zero-order valence-electron chi connectivity index (χ0n) is 11.6. The predicted molar refractivity (Wildman–Crippen MR) is 68.6 cm³/mol. The lowest BCUT2D eigenvalue weighted by Gasteiger charge is -2.33. The number of nitrogens with zero attached hydrogens (tertiary/aromatic N) is 1. The second-order valence-electron chi connectivity index (χ2n) is 5.72. The molecule has 10 heteroatoms. The van der Waals surface area contributed by atoms with Gasteiger partial charge < -0.3 is 10.2 Å². The Balaban J connectivity index is 0.00000242. The summed E-state index contributed by atoms with van der Waals surface area (Å²) < 4.78 is 77.0. The van der Waals surface area contributed by atoms with E-state index in [4.69, 9.17) is 0 Å². The molecule has 0 radical (unpaired) electrons. The number of hydrogen-bond donors (Lipinski definition) is 1. The summed E-state index contributed by atoms with van der Waals surface area (Å²) in [7, 11) is 0. The molecule has 130 valence electrons. The van der Waals surface area contributed by atoms with Crippen LogP contribution in [0.5, 0.6) is 0 Å². The highest BCUT2D eigenvalue weighted by Crippen LogP contribution is 2.55. The summed E-state index contributed by atoms with van der Waals surface area (Å²) in [6.45, 7) is -1.52. The lowest BCUT2D eigenvalue weighted by molar-refractivity contribution is -0.334. The van der Waals surface area contributed by atoms with Crippen molar-refractivity contribution in [2.75, 3.05) is 26.2 Å². The van der Waals surface area contributed by atoms with Crippen LogP contribution in [0.3, 0.4) is 0 Å². The molecular weight excluding hydrogens is 338 g/mol. The summed E-state index contributed by atoms with van der Waals surface area (Å²) in [5, 5.41) is 2.78. The molecule has 1 saturated heterocycles. The third-order valence-corrected chi connectivity index (χ3v) is 4.11.